The second-order valence-electron chi connectivity index (χ2n) is 7.26. The van der Waals surface area contributed by atoms with E-state index in [-0.39, 0.29) is 11.5 Å². The summed E-state index contributed by atoms with van der Waals surface area (Å²) in [6.07, 6.45) is 1.73. The van der Waals surface area contributed by atoms with Gasteiger partial charge in [0.1, 0.15) is 6.26 Å². The molecule has 0 aromatic carbocycles. The van der Waals surface area contributed by atoms with Gasteiger partial charge in [-0.05, 0) is 18.9 Å². The van der Waals surface area contributed by atoms with E-state index in [4.69, 9.17) is 19.1 Å². The highest BCUT2D eigenvalue weighted by molar-refractivity contribution is 5.93. The molecule has 1 spiro atoms. The van der Waals surface area contributed by atoms with Crippen LogP contribution in [-0.4, -0.2) is 76.4 Å². The molecule has 0 saturated carbocycles. The largest absolute Gasteiger partial charge is 0.490 e. The minimum absolute atomic E-state index is 0.0156. The van der Waals surface area contributed by atoms with E-state index in [0.29, 0.717) is 44.3 Å². The van der Waals surface area contributed by atoms with Crippen molar-refractivity contribution in [2.45, 2.75) is 24.6 Å². The first-order valence-electron chi connectivity index (χ1n) is 9.58. The zero-order valence-electron chi connectivity index (χ0n) is 16.7. The van der Waals surface area contributed by atoms with E-state index < -0.39 is 18.0 Å². The zero-order valence-corrected chi connectivity index (χ0v) is 16.7. The van der Waals surface area contributed by atoms with E-state index in [9.17, 15) is 22.4 Å². The lowest BCUT2D eigenvalue weighted by atomic mass is 9.89. The number of rotatable bonds is 2. The Labute approximate surface area is 179 Å². The summed E-state index contributed by atoms with van der Waals surface area (Å²) in [5.74, 6) is -2.70. The van der Waals surface area contributed by atoms with E-state index in [1.807, 2.05) is 9.80 Å². The quantitative estimate of drug-likeness (QED) is 0.681. The van der Waals surface area contributed by atoms with Gasteiger partial charge in [0.25, 0.3) is 5.91 Å². The number of anilines is 1. The van der Waals surface area contributed by atoms with Crippen LogP contribution in [0.1, 0.15) is 23.2 Å². The molecule has 32 heavy (non-hydrogen) atoms. The molecule has 1 amide bonds. The number of alkyl halides is 3. The van der Waals surface area contributed by atoms with Gasteiger partial charge in [0.05, 0.1) is 43.0 Å². The Hall–Kier alpha value is -3.22. The Morgan fingerprint density at radius 2 is 1.75 bits per heavy atom. The first kappa shape index (κ1) is 23.4. The third kappa shape index (κ3) is 5.72. The number of carbonyl (C=O) groups excluding carboxylic acids is 1. The Morgan fingerprint density at radius 3 is 2.28 bits per heavy atom. The summed E-state index contributed by atoms with van der Waals surface area (Å²) in [5, 5.41) is 7.12. The summed E-state index contributed by atoms with van der Waals surface area (Å²) in [4.78, 5) is 33.3. The number of furan rings is 1. The first-order valence-corrected chi connectivity index (χ1v) is 9.58. The number of carboxylic acids is 1. The van der Waals surface area contributed by atoms with Crippen molar-refractivity contribution in [2.24, 2.45) is 0 Å². The molecule has 174 valence electrons. The summed E-state index contributed by atoms with van der Waals surface area (Å²) in [6, 6.07) is 1.68. The molecule has 4 heterocycles. The number of aliphatic carboxylic acids is 1. The molecule has 1 N–H and O–H groups in total. The highest BCUT2D eigenvalue weighted by Gasteiger charge is 2.41. The molecule has 2 fully saturated rings. The van der Waals surface area contributed by atoms with Crippen LogP contribution in [0.2, 0.25) is 0 Å². The van der Waals surface area contributed by atoms with Crippen molar-refractivity contribution in [3.8, 4) is 0 Å². The molecular formula is C19H20F4N4O5. The summed E-state index contributed by atoms with van der Waals surface area (Å²) in [5.41, 5.74) is 0.255. The Balaban J connectivity index is 0.000000360. The fourth-order valence-corrected chi connectivity index (χ4v) is 3.47. The Kier molecular flexibility index (Phi) is 6.96. The maximum Gasteiger partial charge on any atom is 0.490 e. The van der Waals surface area contributed by atoms with Crippen LogP contribution < -0.4 is 4.90 Å². The second kappa shape index (κ2) is 9.51. The second-order valence-corrected chi connectivity index (χ2v) is 7.26. The van der Waals surface area contributed by atoms with E-state index in [1.54, 1.807) is 6.07 Å². The predicted molar refractivity (Wildman–Crippen MR) is 100 cm³/mol. The predicted octanol–water partition coefficient (Wildman–Crippen LogP) is 2.35. The summed E-state index contributed by atoms with van der Waals surface area (Å²) >= 11 is 0. The van der Waals surface area contributed by atoms with Gasteiger partial charge in [0.15, 0.2) is 5.82 Å². The minimum Gasteiger partial charge on any atom is -0.475 e. The Morgan fingerprint density at radius 1 is 1.12 bits per heavy atom. The van der Waals surface area contributed by atoms with Crippen molar-refractivity contribution in [1.29, 1.82) is 0 Å². The van der Waals surface area contributed by atoms with Crippen LogP contribution in [0, 0.1) is 5.82 Å². The normalized spacial score (nSPS) is 18.1. The molecule has 4 rings (SSSR count). The number of halogens is 4. The van der Waals surface area contributed by atoms with Gasteiger partial charge in [0, 0.05) is 19.6 Å². The van der Waals surface area contributed by atoms with Gasteiger partial charge in [0.2, 0.25) is 5.95 Å². The van der Waals surface area contributed by atoms with Crippen molar-refractivity contribution in [2.75, 3.05) is 37.7 Å². The summed E-state index contributed by atoms with van der Waals surface area (Å²) < 4.78 is 55.8. The van der Waals surface area contributed by atoms with E-state index >= 15 is 0 Å². The third-order valence-corrected chi connectivity index (χ3v) is 5.11. The number of hydrogen-bond donors (Lipinski definition) is 1. The number of piperidine rings is 1. The van der Waals surface area contributed by atoms with Crippen LogP contribution >= 0.6 is 0 Å². The highest BCUT2D eigenvalue weighted by Crippen LogP contribution is 2.31. The molecule has 2 aliphatic rings. The van der Waals surface area contributed by atoms with Gasteiger partial charge in [-0.3, -0.25) is 4.79 Å². The highest BCUT2D eigenvalue weighted by atomic mass is 19.4. The average Bonchev–Trinajstić information content (AvgIpc) is 3.29. The van der Waals surface area contributed by atoms with Gasteiger partial charge < -0.3 is 24.1 Å². The lowest BCUT2D eigenvalue weighted by Gasteiger charge is -2.47. The number of nitrogens with zero attached hydrogens (tertiary/aromatic N) is 4. The zero-order chi connectivity index (χ0) is 23.4. The number of carboxylic acid groups (broad SMARTS) is 1. The van der Waals surface area contributed by atoms with Crippen LogP contribution in [0.3, 0.4) is 0 Å². The molecule has 2 aromatic rings. The lowest BCUT2D eigenvalue weighted by Crippen LogP contribution is -2.58. The van der Waals surface area contributed by atoms with Crippen molar-refractivity contribution >= 4 is 17.8 Å². The average molecular weight is 460 g/mol. The van der Waals surface area contributed by atoms with Gasteiger partial charge in [-0.2, -0.15) is 13.2 Å². The van der Waals surface area contributed by atoms with Crippen LogP contribution in [0.4, 0.5) is 23.5 Å². The molecule has 0 atom stereocenters. The standard InChI is InChI=1S/C17H19FN4O3.C2HF3O2/c18-14-9-19-16(20-10-14)22-6-8-25-17(12-22)2-4-21(5-3-17)15(23)13-1-7-24-11-13;3-2(4,5)1(6)7/h1,7,9-11H,2-6,8,12H2;(H,6,7). The summed E-state index contributed by atoms with van der Waals surface area (Å²) in [7, 11) is 0. The molecule has 0 radical (unpaired) electrons. The number of hydrogen-bond acceptors (Lipinski definition) is 7. The van der Waals surface area contributed by atoms with Gasteiger partial charge in [-0.15, -0.1) is 0 Å². The van der Waals surface area contributed by atoms with Gasteiger partial charge in [-0.25, -0.2) is 19.2 Å². The topological polar surface area (TPSA) is 109 Å². The first-order chi connectivity index (χ1) is 15.1. The van der Waals surface area contributed by atoms with Crippen molar-refractivity contribution in [3.05, 3.63) is 42.4 Å². The number of morpholine rings is 1. The van der Waals surface area contributed by atoms with Crippen LogP contribution in [0.25, 0.3) is 0 Å². The van der Waals surface area contributed by atoms with Gasteiger partial charge in [-0.1, -0.05) is 0 Å². The number of ether oxygens (including phenoxy) is 1. The monoisotopic (exact) mass is 460 g/mol. The number of carbonyl (C=O) groups is 2. The van der Waals surface area contributed by atoms with Gasteiger partial charge >= 0.3 is 12.1 Å². The van der Waals surface area contributed by atoms with E-state index in [0.717, 1.165) is 12.8 Å². The SMILES string of the molecule is O=C(O)C(F)(F)F.O=C(c1ccoc1)N1CCC2(CC1)CN(c1ncc(F)cn1)CCO2. The molecule has 0 unspecified atom stereocenters. The number of amides is 1. The van der Waals surface area contributed by atoms with Crippen LogP contribution in [0.5, 0.6) is 0 Å². The molecule has 13 heteroatoms. The maximum absolute atomic E-state index is 13.0. The fourth-order valence-electron chi connectivity index (χ4n) is 3.47. The molecular weight excluding hydrogens is 440 g/mol. The number of likely N-dealkylation sites (tertiary alicyclic amines) is 1. The van der Waals surface area contributed by atoms with Crippen molar-refractivity contribution in [3.63, 3.8) is 0 Å². The van der Waals surface area contributed by atoms with E-state index in [1.165, 1.54) is 24.9 Å². The van der Waals surface area contributed by atoms with Crippen molar-refractivity contribution in [1.82, 2.24) is 14.9 Å². The van der Waals surface area contributed by atoms with Crippen LogP contribution in [0.15, 0.2) is 35.4 Å². The molecule has 2 aromatic heterocycles. The lowest BCUT2D eigenvalue weighted by molar-refractivity contribution is -0.192. The molecule has 9 nitrogen and oxygen atoms in total. The Bertz CT molecular complexity index is 913. The minimum atomic E-state index is -5.08. The molecule has 2 aliphatic heterocycles. The number of aromatic nitrogens is 2. The smallest absolute Gasteiger partial charge is 0.475 e. The molecule has 0 bridgehead atoms. The van der Waals surface area contributed by atoms with E-state index in [2.05, 4.69) is 9.97 Å². The fraction of sp³-hybridized carbons (Fsp3) is 0.474. The maximum atomic E-state index is 13.0. The van der Waals surface area contributed by atoms with Crippen LogP contribution in [-0.2, 0) is 9.53 Å². The third-order valence-electron chi connectivity index (χ3n) is 5.11. The molecule has 2 saturated heterocycles. The molecule has 0 aliphatic carbocycles. The summed E-state index contributed by atoms with van der Waals surface area (Å²) in [6.45, 7) is 3.14. The van der Waals surface area contributed by atoms with Crippen molar-refractivity contribution < 1.29 is 41.4 Å².